The van der Waals surface area contributed by atoms with Crippen LogP contribution in [0.4, 0.5) is 4.39 Å². The van der Waals surface area contributed by atoms with E-state index >= 15 is 0 Å². The molecule has 0 radical (unpaired) electrons. The predicted molar refractivity (Wildman–Crippen MR) is 220 cm³/mol. The molecule has 3 saturated carbocycles. The Hall–Kier alpha value is -3.65. The second-order valence-electron chi connectivity index (χ2n) is 19.7. The number of allylic oxidation sites excluding steroid dienone is 1. The van der Waals surface area contributed by atoms with Crippen molar-refractivity contribution in [3.05, 3.63) is 53.4 Å². The smallest absolute Gasteiger partial charge is 0.303 e. The van der Waals surface area contributed by atoms with E-state index < -0.39 is 66.1 Å². The van der Waals surface area contributed by atoms with Gasteiger partial charge >= 0.3 is 17.9 Å². The SMILES string of the molecule is CC(=O)OC[C@H]1O[C@@H](O[C@H]2CC[C@@]3(C)C(=CC[C@H]4[C@@H]5C[C@@H]6O[C@]7(CC[C@@H](C)CO7)[C@@H](C)[C@@H]6[C@@]5(C)CC[C@@H]43)C2)[C@H](NC(=O)/C=C/c2ccc(F)cc2)[C@@H](OC(C)=O)[C@@H]1OC(C)=O. The van der Waals surface area contributed by atoms with Crippen LogP contribution in [0.5, 0.6) is 0 Å². The van der Waals surface area contributed by atoms with Crippen LogP contribution in [0.25, 0.3) is 6.08 Å². The first-order valence-electron chi connectivity index (χ1n) is 22.5. The van der Waals surface area contributed by atoms with Gasteiger partial charge in [0.05, 0.1) is 18.8 Å². The minimum atomic E-state index is -1.26. The first-order chi connectivity index (χ1) is 29.0. The fourth-order valence-electron chi connectivity index (χ4n) is 13.1. The second kappa shape index (κ2) is 17.1. The standard InChI is InChI=1S/C48H64FNO11/c1-26-16-21-48(56-24-26)27(2)41-38(61-48)23-37-35-14-11-32-22-34(17-19-46(32,6)36(35)18-20-47(37,41)7)59-45-42(50-40(54)15-10-31-8-12-33(49)13-9-31)44(58-30(5)53)43(57-29(4)52)39(60-45)25-55-28(3)51/h8-13,15,26-27,34-39,41-45H,14,16-25H2,1-7H3,(H,50,54)/b15-10+/t26-,27+,34+,35-,36+,37+,38+,39-,41+,42-,43-,44-,45-,46+,47+,48-/m1/s1. The molecule has 1 aromatic rings. The number of fused-ring (bicyclic) bond motifs is 7. The quantitative estimate of drug-likeness (QED) is 0.116. The Bertz CT molecular complexity index is 1890. The molecule has 334 valence electrons. The Balaban J connectivity index is 1.01. The summed E-state index contributed by atoms with van der Waals surface area (Å²) in [5, 5.41) is 2.89. The van der Waals surface area contributed by atoms with Crippen LogP contribution in [0.15, 0.2) is 42.0 Å². The van der Waals surface area contributed by atoms with Crippen molar-refractivity contribution in [3.63, 3.8) is 0 Å². The molecule has 3 aliphatic heterocycles. The number of ether oxygens (including phenoxy) is 7. The van der Waals surface area contributed by atoms with Crippen LogP contribution in [0.1, 0.15) is 112 Å². The molecule has 0 unspecified atom stereocenters. The van der Waals surface area contributed by atoms with Gasteiger partial charge in [-0.2, -0.15) is 0 Å². The molecule has 1 N–H and O–H groups in total. The van der Waals surface area contributed by atoms with Gasteiger partial charge in [0.2, 0.25) is 5.91 Å². The molecular weight excluding hydrogens is 786 g/mol. The summed E-state index contributed by atoms with van der Waals surface area (Å²) in [6.45, 7) is 13.8. The molecule has 4 aliphatic carbocycles. The zero-order valence-corrected chi connectivity index (χ0v) is 36.7. The Labute approximate surface area is 358 Å². The van der Waals surface area contributed by atoms with Gasteiger partial charge in [0.1, 0.15) is 24.6 Å². The number of nitrogens with one attached hydrogen (secondary N) is 1. The Morgan fingerprint density at radius 2 is 1.66 bits per heavy atom. The van der Waals surface area contributed by atoms with E-state index in [4.69, 9.17) is 33.2 Å². The van der Waals surface area contributed by atoms with E-state index in [0.29, 0.717) is 47.5 Å². The maximum atomic E-state index is 13.6. The van der Waals surface area contributed by atoms with Crippen molar-refractivity contribution in [3.8, 4) is 0 Å². The Kier molecular flexibility index (Phi) is 12.4. The van der Waals surface area contributed by atoms with Gasteiger partial charge < -0.3 is 38.5 Å². The van der Waals surface area contributed by atoms with Crippen LogP contribution in [-0.4, -0.2) is 85.7 Å². The molecule has 0 aromatic heterocycles. The van der Waals surface area contributed by atoms with Gasteiger partial charge in [-0.1, -0.05) is 51.5 Å². The number of esters is 3. The number of hydrogen-bond donors (Lipinski definition) is 1. The molecule has 0 bridgehead atoms. The van der Waals surface area contributed by atoms with Crippen molar-refractivity contribution >= 4 is 29.9 Å². The molecule has 61 heavy (non-hydrogen) atoms. The minimum Gasteiger partial charge on any atom is -0.463 e. The lowest BCUT2D eigenvalue weighted by Crippen LogP contribution is -2.67. The Morgan fingerprint density at radius 1 is 0.918 bits per heavy atom. The van der Waals surface area contributed by atoms with E-state index in [1.807, 2.05) is 0 Å². The third kappa shape index (κ3) is 8.45. The first-order valence-corrected chi connectivity index (χ1v) is 22.5. The van der Waals surface area contributed by atoms with Gasteiger partial charge in [0.25, 0.3) is 0 Å². The summed E-state index contributed by atoms with van der Waals surface area (Å²) in [5.41, 5.74) is 2.18. The molecule has 1 spiro atoms. The van der Waals surface area contributed by atoms with Gasteiger partial charge in [-0.05, 0) is 116 Å². The summed E-state index contributed by atoms with van der Waals surface area (Å²) in [4.78, 5) is 50.6. The molecule has 6 fully saturated rings. The summed E-state index contributed by atoms with van der Waals surface area (Å²) in [6, 6.07) is 4.52. The van der Waals surface area contributed by atoms with Gasteiger partial charge in [0.15, 0.2) is 24.3 Å². The molecule has 16 atom stereocenters. The number of halogens is 1. The van der Waals surface area contributed by atoms with Crippen molar-refractivity contribution in [2.45, 2.75) is 155 Å². The van der Waals surface area contributed by atoms with E-state index in [9.17, 15) is 23.6 Å². The maximum absolute atomic E-state index is 13.6. The molecule has 13 heteroatoms. The van der Waals surface area contributed by atoms with Crippen molar-refractivity contribution in [1.29, 1.82) is 0 Å². The van der Waals surface area contributed by atoms with Crippen molar-refractivity contribution in [1.82, 2.24) is 5.32 Å². The zero-order chi connectivity index (χ0) is 43.4. The normalized spacial score (nSPS) is 42.7. The number of carbonyl (C=O) groups is 4. The highest BCUT2D eigenvalue weighted by Crippen LogP contribution is 2.70. The van der Waals surface area contributed by atoms with Gasteiger partial charge in [-0.3, -0.25) is 19.2 Å². The lowest BCUT2D eigenvalue weighted by atomic mass is 9.47. The average molecular weight is 850 g/mol. The van der Waals surface area contributed by atoms with Crippen molar-refractivity contribution in [2.24, 2.45) is 46.3 Å². The van der Waals surface area contributed by atoms with Gasteiger partial charge in [-0.25, -0.2) is 4.39 Å². The van der Waals surface area contributed by atoms with E-state index in [2.05, 4.69) is 39.1 Å². The third-order valence-electron chi connectivity index (χ3n) is 16.0. The maximum Gasteiger partial charge on any atom is 0.303 e. The topological polar surface area (TPSA) is 145 Å². The third-order valence-corrected chi connectivity index (χ3v) is 16.0. The lowest BCUT2D eigenvalue weighted by molar-refractivity contribution is -0.289. The highest BCUT2D eigenvalue weighted by molar-refractivity contribution is 5.92. The lowest BCUT2D eigenvalue weighted by Gasteiger charge is -2.58. The molecule has 1 aromatic carbocycles. The molecule has 3 saturated heterocycles. The Morgan fingerprint density at radius 3 is 2.34 bits per heavy atom. The fraction of sp³-hybridized carbons (Fsp3) is 0.708. The van der Waals surface area contributed by atoms with Crippen LogP contribution < -0.4 is 5.32 Å². The molecule has 7 aliphatic rings. The molecule has 3 heterocycles. The van der Waals surface area contributed by atoms with E-state index in [-0.39, 0.29) is 29.6 Å². The molecular formula is C48H64FNO11. The summed E-state index contributed by atoms with van der Waals surface area (Å²) in [6.07, 6.45) is 9.33. The summed E-state index contributed by atoms with van der Waals surface area (Å²) < 4.78 is 57.2. The number of benzene rings is 1. The summed E-state index contributed by atoms with van der Waals surface area (Å²) in [7, 11) is 0. The summed E-state index contributed by atoms with van der Waals surface area (Å²) in [5.74, 6) is -0.212. The highest BCUT2D eigenvalue weighted by atomic mass is 19.1. The number of hydrogen-bond acceptors (Lipinski definition) is 11. The predicted octanol–water partition coefficient (Wildman–Crippen LogP) is 7.23. The van der Waals surface area contributed by atoms with E-state index in [1.54, 1.807) is 0 Å². The number of amides is 1. The molecule has 8 rings (SSSR count). The average Bonchev–Trinajstić information content (AvgIpc) is 3.65. The number of carbonyl (C=O) groups excluding carboxylic acids is 4. The van der Waals surface area contributed by atoms with Crippen LogP contribution in [0, 0.1) is 52.2 Å². The van der Waals surface area contributed by atoms with Gasteiger partial charge in [-0.15, -0.1) is 0 Å². The monoisotopic (exact) mass is 849 g/mol. The van der Waals surface area contributed by atoms with Crippen molar-refractivity contribution in [2.75, 3.05) is 13.2 Å². The minimum absolute atomic E-state index is 0.00285. The van der Waals surface area contributed by atoms with Crippen molar-refractivity contribution < 1.29 is 56.7 Å². The van der Waals surface area contributed by atoms with Crippen LogP contribution in [-0.2, 0) is 52.3 Å². The highest BCUT2D eigenvalue weighted by Gasteiger charge is 2.69. The largest absolute Gasteiger partial charge is 0.463 e. The molecule has 12 nitrogen and oxygen atoms in total. The van der Waals surface area contributed by atoms with E-state index in [1.165, 1.54) is 75.6 Å². The van der Waals surface area contributed by atoms with Gasteiger partial charge in [0, 0.05) is 39.2 Å². The second-order valence-corrected chi connectivity index (χ2v) is 19.7. The van der Waals surface area contributed by atoms with E-state index in [0.717, 1.165) is 45.1 Å². The first kappa shape index (κ1) is 44.0. The van der Waals surface area contributed by atoms with Crippen LogP contribution in [0.2, 0.25) is 0 Å². The summed E-state index contributed by atoms with van der Waals surface area (Å²) >= 11 is 0. The van der Waals surface area contributed by atoms with Crippen LogP contribution >= 0.6 is 0 Å². The fourth-order valence-corrected chi connectivity index (χ4v) is 13.1. The van der Waals surface area contributed by atoms with Crippen LogP contribution in [0.3, 0.4) is 0 Å². The molecule has 1 amide bonds. The zero-order valence-electron chi connectivity index (χ0n) is 36.7. The number of rotatable bonds is 9.